The fraction of sp³-hybridized carbons (Fsp3) is 0.194. The number of ether oxygens (including phenoxy) is 2. The molecule has 1 aliphatic heterocycles. The zero-order chi connectivity index (χ0) is 28.4. The average Bonchev–Trinajstić information content (AvgIpc) is 3.20. The number of fused-ring (bicyclic) bond motifs is 1. The Morgan fingerprint density at radius 1 is 0.850 bits per heavy atom. The first kappa shape index (κ1) is 27.2. The summed E-state index contributed by atoms with van der Waals surface area (Å²) in [5.74, 6) is -3.15. The molecule has 1 fully saturated rings. The number of hydrogen-bond acceptors (Lipinski definition) is 7. The minimum absolute atomic E-state index is 0.0236. The van der Waals surface area contributed by atoms with Crippen molar-refractivity contribution in [3.8, 4) is 5.75 Å². The molecule has 2 aliphatic rings. The smallest absolute Gasteiger partial charge is 0.343 e. The van der Waals surface area contributed by atoms with Gasteiger partial charge in [0.25, 0.3) is 0 Å². The summed E-state index contributed by atoms with van der Waals surface area (Å²) in [4.78, 5) is 65.3. The van der Waals surface area contributed by atoms with Crippen LogP contribution in [0.5, 0.6) is 5.75 Å². The molecular weight excluding hydrogens is 578 g/mol. The Balaban J connectivity index is 1.22. The van der Waals surface area contributed by atoms with E-state index in [1.54, 1.807) is 36.4 Å². The fourth-order valence-corrected chi connectivity index (χ4v) is 5.13. The lowest BCUT2D eigenvalue weighted by molar-refractivity contribution is -0.122. The summed E-state index contributed by atoms with van der Waals surface area (Å²) in [6.45, 7) is 1.38. The molecule has 2 unspecified atom stereocenters. The quantitative estimate of drug-likeness (QED) is 0.115. The van der Waals surface area contributed by atoms with Crippen molar-refractivity contribution in [1.29, 1.82) is 0 Å². The van der Waals surface area contributed by atoms with Crippen LogP contribution in [-0.4, -0.2) is 36.1 Å². The number of halogens is 1. The van der Waals surface area contributed by atoms with Crippen LogP contribution >= 0.6 is 15.9 Å². The van der Waals surface area contributed by atoms with E-state index in [0.717, 1.165) is 14.9 Å². The zero-order valence-corrected chi connectivity index (χ0v) is 23.1. The first-order valence-electron chi connectivity index (χ1n) is 12.6. The Bertz CT molecular complexity index is 1540. The van der Waals surface area contributed by atoms with E-state index in [0.29, 0.717) is 18.4 Å². The molecule has 3 aromatic carbocycles. The summed E-state index contributed by atoms with van der Waals surface area (Å²) in [6, 6.07) is 18.8. The van der Waals surface area contributed by atoms with Crippen molar-refractivity contribution in [2.24, 2.45) is 11.8 Å². The summed E-state index contributed by atoms with van der Waals surface area (Å²) < 4.78 is 11.4. The number of nitrogens with zero attached hydrogens (tertiary/aromatic N) is 1. The van der Waals surface area contributed by atoms with Crippen LogP contribution in [0.3, 0.4) is 0 Å². The summed E-state index contributed by atoms with van der Waals surface area (Å²) in [5, 5.41) is 0. The second kappa shape index (κ2) is 11.4. The highest BCUT2D eigenvalue weighted by Crippen LogP contribution is 2.40. The highest BCUT2D eigenvalue weighted by molar-refractivity contribution is 9.10. The number of benzene rings is 3. The number of imide groups is 1. The maximum Gasteiger partial charge on any atom is 0.343 e. The predicted octanol–water partition coefficient (Wildman–Crippen LogP) is 5.55. The molecular formula is C31H24BrNO7. The van der Waals surface area contributed by atoms with Crippen LogP contribution in [0.15, 0.2) is 88.9 Å². The van der Waals surface area contributed by atoms with Gasteiger partial charge in [-0.2, -0.15) is 0 Å². The van der Waals surface area contributed by atoms with Gasteiger partial charge in [-0.1, -0.05) is 39.7 Å². The van der Waals surface area contributed by atoms with E-state index in [1.165, 1.54) is 36.4 Å². The molecule has 3 aromatic rings. The molecule has 8 nitrogen and oxygen atoms in total. The third-order valence-electron chi connectivity index (χ3n) is 6.99. The molecule has 1 heterocycles. The van der Waals surface area contributed by atoms with Crippen LogP contribution in [0.25, 0.3) is 0 Å². The van der Waals surface area contributed by atoms with E-state index in [2.05, 4.69) is 15.9 Å². The summed E-state index contributed by atoms with van der Waals surface area (Å²) in [5.41, 5.74) is 1.86. The van der Waals surface area contributed by atoms with E-state index in [1.807, 2.05) is 13.0 Å². The SMILES string of the molecule is CC1=CCC2C(=O)N(c3ccccc3C(=O)OCC(=O)c3ccc(OC(=O)c4ccc(Br)cc4)cc3)C(=O)C2C1. The van der Waals surface area contributed by atoms with E-state index in [9.17, 15) is 24.0 Å². The lowest BCUT2D eigenvalue weighted by atomic mass is 9.82. The highest BCUT2D eigenvalue weighted by Gasteiger charge is 2.49. The van der Waals surface area contributed by atoms with Gasteiger partial charge < -0.3 is 9.47 Å². The van der Waals surface area contributed by atoms with E-state index < -0.39 is 36.2 Å². The van der Waals surface area contributed by atoms with Gasteiger partial charge in [0.1, 0.15) is 5.75 Å². The number of anilines is 1. The van der Waals surface area contributed by atoms with Crippen LogP contribution in [0, 0.1) is 11.8 Å². The van der Waals surface area contributed by atoms with Crippen LogP contribution in [-0.2, 0) is 14.3 Å². The number of rotatable bonds is 7. The normalized spacial score (nSPS) is 18.1. The Kier molecular flexibility index (Phi) is 7.75. The van der Waals surface area contributed by atoms with Gasteiger partial charge in [-0.05, 0) is 80.4 Å². The highest BCUT2D eigenvalue weighted by atomic mass is 79.9. The molecule has 1 aliphatic carbocycles. The minimum atomic E-state index is -0.825. The second-order valence-electron chi connectivity index (χ2n) is 9.65. The summed E-state index contributed by atoms with van der Waals surface area (Å²) >= 11 is 3.31. The standard InChI is InChI=1S/C31H24BrNO7/c1-18-6-15-23-25(16-18)29(36)33(28(23)35)26-5-3-2-4-24(26)31(38)39-17-27(34)19-9-13-22(14-10-19)40-30(37)20-7-11-21(32)12-8-20/h2-14,23,25H,15-17H2,1H3. The van der Waals surface area contributed by atoms with Gasteiger partial charge in [-0.25, -0.2) is 14.5 Å². The number of para-hydroxylation sites is 1. The van der Waals surface area contributed by atoms with Crippen molar-refractivity contribution in [3.05, 3.63) is 106 Å². The van der Waals surface area contributed by atoms with Crippen LogP contribution in [0.2, 0.25) is 0 Å². The molecule has 2 amide bonds. The number of hydrogen-bond donors (Lipinski definition) is 0. The van der Waals surface area contributed by atoms with Crippen LogP contribution in [0.4, 0.5) is 5.69 Å². The molecule has 40 heavy (non-hydrogen) atoms. The number of amides is 2. The Morgan fingerprint density at radius 2 is 1.50 bits per heavy atom. The van der Waals surface area contributed by atoms with E-state index in [4.69, 9.17) is 9.47 Å². The summed E-state index contributed by atoms with van der Waals surface area (Å²) in [7, 11) is 0. The zero-order valence-electron chi connectivity index (χ0n) is 21.5. The van der Waals surface area contributed by atoms with Crippen molar-refractivity contribution in [3.63, 3.8) is 0 Å². The lowest BCUT2D eigenvalue weighted by Gasteiger charge is -2.19. The van der Waals surface area contributed by atoms with Gasteiger partial charge in [-0.15, -0.1) is 0 Å². The van der Waals surface area contributed by atoms with Gasteiger partial charge in [0.2, 0.25) is 11.8 Å². The topological polar surface area (TPSA) is 107 Å². The molecule has 2 atom stereocenters. The van der Waals surface area contributed by atoms with Crippen molar-refractivity contribution in [2.45, 2.75) is 19.8 Å². The second-order valence-corrected chi connectivity index (χ2v) is 10.6. The molecule has 1 saturated heterocycles. The number of allylic oxidation sites excluding steroid dienone is 2. The predicted molar refractivity (Wildman–Crippen MR) is 149 cm³/mol. The van der Waals surface area contributed by atoms with E-state index >= 15 is 0 Å². The van der Waals surface area contributed by atoms with Crippen molar-refractivity contribution >= 4 is 51.2 Å². The molecule has 0 N–H and O–H groups in total. The largest absolute Gasteiger partial charge is 0.454 e. The fourth-order valence-electron chi connectivity index (χ4n) is 4.87. The van der Waals surface area contributed by atoms with Crippen molar-refractivity contribution < 1.29 is 33.4 Å². The number of carbonyl (C=O) groups is 5. The molecule has 0 aromatic heterocycles. The number of esters is 2. The first-order chi connectivity index (χ1) is 19.2. The summed E-state index contributed by atoms with van der Waals surface area (Å²) in [6.07, 6.45) is 2.97. The first-order valence-corrected chi connectivity index (χ1v) is 13.4. The molecule has 0 bridgehead atoms. The molecule has 5 rings (SSSR count). The van der Waals surface area contributed by atoms with Gasteiger partial charge in [-0.3, -0.25) is 14.4 Å². The van der Waals surface area contributed by atoms with Gasteiger partial charge in [0, 0.05) is 10.0 Å². The molecule has 202 valence electrons. The van der Waals surface area contributed by atoms with Crippen LogP contribution in [0.1, 0.15) is 50.8 Å². The maximum absolute atomic E-state index is 13.1. The van der Waals surface area contributed by atoms with Gasteiger partial charge >= 0.3 is 11.9 Å². The maximum atomic E-state index is 13.1. The van der Waals surface area contributed by atoms with Crippen molar-refractivity contribution in [1.82, 2.24) is 0 Å². The average molecular weight is 602 g/mol. The third-order valence-corrected chi connectivity index (χ3v) is 7.52. The minimum Gasteiger partial charge on any atom is -0.454 e. The Morgan fingerprint density at radius 3 is 2.23 bits per heavy atom. The van der Waals surface area contributed by atoms with Gasteiger partial charge in [0.15, 0.2) is 12.4 Å². The number of carbonyl (C=O) groups excluding carboxylic acids is 5. The molecule has 9 heteroatoms. The number of Topliss-reactive ketones (excluding diaryl/α,β-unsaturated/α-hetero) is 1. The molecule has 0 spiro atoms. The van der Waals surface area contributed by atoms with E-state index in [-0.39, 0.29) is 34.4 Å². The Hall–Kier alpha value is -4.37. The monoisotopic (exact) mass is 601 g/mol. The third kappa shape index (κ3) is 5.51. The lowest BCUT2D eigenvalue weighted by Crippen LogP contribution is -2.32. The van der Waals surface area contributed by atoms with Crippen LogP contribution < -0.4 is 9.64 Å². The molecule has 0 radical (unpaired) electrons. The van der Waals surface area contributed by atoms with Crippen molar-refractivity contribution in [2.75, 3.05) is 11.5 Å². The molecule has 0 saturated carbocycles. The van der Waals surface area contributed by atoms with Gasteiger partial charge in [0.05, 0.1) is 28.7 Å². The Labute approximate surface area is 238 Å². The number of ketones is 1.